The Balaban J connectivity index is 1.68. The normalized spacial score (nSPS) is 17.0. The third-order valence-electron chi connectivity index (χ3n) is 5.99. The minimum absolute atomic E-state index is 0.0124. The lowest BCUT2D eigenvalue weighted by Gasteiger charge is -2.33. The van der Waals surface area contributed by atoms with E-state index in [-0.39, 0.29) is 23.8 Å². The molecule has 0 saturated carbocycles. The summed E-state index contributed by atoms with van der Waals surface area (Å²) in [5, 5.41) is 10.2. The summed E-state index contributed by atoms with van der Waals surface area (Å²) in [6.07, 6.45) is 1.97. The van der Waals surface area contributed by atoms with Crippen molar-refractivity contribution in [3.05, 3.63) is 69.5 Å². The Hall–Kier alpha value is -3.45. The van der Waals surface area contributed by atoms with E-state index in [1.807, 2.05) is 6.07 Å². The smallest absolute Gasteiger partial charge is 0.336 e. The van der Waals surface area contributed by atoms with E-state index in [0.29, 0.717) is 52.9 Å². The summed E-state index contributed by atoms with van der Waals surface area (Å²) in [4.78, 5) is 49.9. The third-order valence-corrected chi connectivity index (χ3v) is 6.32. The van der Waals surface area contributed by atoms with Gasteiger partial charge < -0.3 is 19.2 Å². The Kier molecular flexibility index (Phi) is 6.60. The molecule has 4 rings (SSSR count). The van der Waals surface area contributed by atoms with E-state index in [1.54, 1.807) is 35.2 Å². The molecule has 3 aromatic rings. The van der Waals surface area contributed by atoms with E-state index < -0.39 is 17.5 Å². The average Bonchev–Trinajstić information content (AvgIpc) is 2.79. The fourth-order valence-electron chi connectivity index (χ4n) is 4.43. The molecule has 0 spiro atoms. The molecule has 2 atom stereocenters. The summed E-state index contributed by atoms with van der Waals surface area (Å²) in [5.41, 5.74) is 1.35. The van der Waals surface area contributed by atoms with Crippen LogP contribution in [0.1, 0.15) is 30.7 Å². The van der Waals surface area contributed by atoms with Crippen molar-refractivity contribution in [2.24, 2.45) is 5.92 Å². The zero-order valence-corrected chi connectivity index (χ0v) is 18.5. The number of fused-ring (bicyclic) bond motifs is 1. The predicted octanol–water partition coefficient (Wildman–Crippen LogP) is 4.11. The van der Waals surface area contributed by atoms with E-state index >= 15 is 0 Å². The minimum Gasteiger partial charge on any atom is -0.481 e. The summed E-state index contributed by atoms with van der Waals surface area (Å²) in [6.45, 7) is 0.771. The van der Waals surface area contributed by atoms with E-state index in [2.05, 4.69) is 0 Å². The molecule has 2 aromatic carbocycles. The summed E-state index contributed by atoms with van der Waals surface area (Å²) >= 11 is 6.32. The lowest BCUT2D eigenvalue weighted by molar-refractivity contribution is -0.141. The average molecular weight is 468 g/mol. The third kappa shape index (κ3) is 4.83. The molecule has 1 fully saturated rings. The quantitative estimate of drug-likeness (QED) is 0.332. The fraction of sp³-hybridized carbons (Fsp3) is 0.280. The number of carboxylic acid groups (broad SMARTS) is 1. The zero-order chi connectivity index (χ0) is 23.5. The molecule has 0 bridgehead atoms. The molecule has 1 aromatic heterocycles. The predicted molar refractivity (Wildman–Crippen MR) is 123 cm³/mol. The number of hydrogen-bond donors (Lipinski definition) is 1. The lowest BCUT2D eigenvalue weighted by Crippen LogP contribution is -2.43. The van der Waals surface area contributed by atoms with Gasteiger partial charge in [-0.05, 0) is 36.5 Å². The highest BCUT2D eigenvalue weighted by atomic mass is 35.5. The molecule has 33 heavy (non-hydrogen) atoms. The maximum atomic E-state index is 13.1. The summed E-state index contributed by atoms with van der Waals surface area (Å²) in [7, 11) is 0. The van der Waals surface area contributed by atoms with Crippen molar-refractivity contribution >= 4 is 40.7 Å². The van der Waals surface area contributed by atoms with Crippen LogP contribution in [0.25, 0.3) is 22.1 Å². The van der Waals surface area contributed by atoms with Crippen LogP contribution in [0.4, 0.5) is 0 Å². The standard InChI is InChI=1S/C25H22ClNO6/c26-21-6-2-1-5-17(21)19-12-24(31)33-22-11-16(7-8-18(19)22)20(14-28)25(32)27-9-3-4-15(13-27)10-23(29)30/h1-2,5-8,11-12,14-15,20H,3-4,9-10,13H2,(H,29,30). The molecular formula is C25H22ClNO6. The van der Waals surface area contributed by atoms with Crippen LogP contribution in [0.15, 0.2) is 57.7 Å². The van der Waals surface area contributed by atoms with Gasteiger partial charge in [-0.1, -0.05) is 41.9 Å². The SMILES string of the molecule is O=CC(C(=O)N1CCCC(CC(=O)O)C1)c1ccc2c(-c3ccccc3Cl)cc(=O)oc2c1. The number of aldehydes is 1. The molecule has 170 valence electrons. The lowest BCUT2D eigenvalue weighted by atomic mass is 9.91. The van der Waals surface area contributed by atoms with Gasteiger partial charge in [0.25, 0.3) is 0 Å². The number of halogens is 1. The van der Waals surface area contributed by atoms with Gasteiger partial charge in [-0.25, -0.2) is 4.79 Å². The van der Waals surface area contributed by atoms with Crippen molar-refractivity contribution in [3.63, 3.8) is 0 Å². The highest BCUT2D eigenvalue weighted by molar-refractivity contribution is 6.33. The number of carboxylic acids is 1. The molecule has 0 aliphatic carbocycles. The van der Waals surface area contributed by atoms with Crippen molar-refractivity contribution in [1.29, 1.82) is 0 Å². The van der Waals surface area contributed by atoms with E-state index in [9.17, 15) is 19.2 Å². The number of benzene rings is 2. The Morgan fingerprint density at radius 3 is 2.70 bits per heavy atom. The maximum Gasteiger partial charge on any atom is 0.336 e. The van der Waals surface area contributed by atoms with Crippen LogP contribution in [0.5, 0.6) is 0 Å². The van der Waals surface area contributed by atoms with Crippen molar-refractivity contribution in [3.8, 4) is 11.1 Å². The van der Waals surface area contributed by atoms with Crippen LogP contribution >= 0.6 is 11.6 Å². The number of nitrogens with zero attached hydrogens (tertiary/aromatic N) is 1. The monoisotopic (exact) mass is 467 g/mol. The highest BCUT2D eigenvalue weighted by Crippen LogP contribution is 2.34. The second kappa shape index (κ2) is 9.58. The molecule has 1 saturated heterocycles. The Morgan fingerprint density at radius 2 is 1.97 bits per heavy atom. The molecule has 2 unspecified atom stereocenters. The van der Waals surface area contributed by atoms with Gasteiger partial charge in [0.15, 0.2) is 0 Å². The van der Waals surface area contributed by atoms with Gasteiger partial charge in [0.2, 0.25) is 5.91 Å². The molecule has 1 aliphatic heterocycles. The van der Waals surface area contributed by atoms with Crippen LogP contribution in [-0.4, -0.2) is 41.3 Å². The van der Waals surface area contributed by atoms with Crippen LogP contribution in [0, 0.1) is 5.92 Å². The van der Waals surface area contributed by atoms with Crippen molar-refractivity contribution in [2.45, 2.75) is 25.2 Å². The van der Waals surface area contributed by atoms with Crippen LogP contribution < -0.4 is 5.63 Å². The Morgan fingerprint density at radius 1 is 1.18 bits per heavy atom. The maximum absolute atomic E-state index is 13.1. The van der Waals surface area contributed by atoms with Crippen LogP contribution in [-0.2, 0) is 14.4 Å². The number of carbonyl (C=O) groups excluding carboxylic acids is 2. The van der Waals surface area contributed by atoms with Crippen molar-refractivity contribution in [2.75, 3.05) is 13.1 Å². The van der Waals surface area contributed by atoms with Gasteiger partial charge in [0.05, 0.1) is 0 Å². The number of aliphatic carboxylic acids is 1. The minimum atomic E-state index is -1.08. The van der Waals surface area contributed by atoms with Gasteiger partial charge in [0, 0.05) is 47.1 Å². The van der Waals surface area contributed by atoms with E-state index in [1.165, 1.54) is 12.1 Å². The molecule has 0 radical (unpaired) electrons. The molecule has 1 N–H and O–H groups in total. The first-order valence-electron chi connectivity index (χ1n) is 10.7. The molecule has 8 heteroatoms. The topological polar surface area (TPSA) is 105 Å². The van der Waals surface area contributed by atoms with Gasteiger partial charge in [-0.15, -0.1) is 0 Å². The molecule has 7 nitrogen and oxygen atoms in total. The molecule has 2 heterocycles. The number of rotatable bonds is 6. The number of carbonyl (C=O) groups is 3. The molecular weight excluding hydrogens is 446 g/mol. The molecule has 1 amide bonds. The van der Waals surface area contributed by atoms with Gasteiger partial charge in [-0.3, -0.25) is 9.59 Å². The first-order valence-corrected chi connectivity index (χ1v) is 11.0. The summed E-state index contributed by atoms with van der Waals surface area (Å²) in [5.74, 6) is -2.50. The van der Waals surface area contributed by atoms with Crippen LogP contribution in [0.2, 0.25) is 5.02 Å². The summed E-state index contributed by atoms with van der Waals surface area (Å²) < 4.78 is 5.38. The van der Waals surface area contributed by atoms with Gasteiger partial charge in [0.1, 0.15) is 17.8 Å². The second-order valence-corrected chi connectivity index (χ2v) is 8.63. The second-order valence-electron chi connectivity index (χ2n) is 8.22. The number of hydrogen-bond acceptors (Lipinski definition) is 5. The van der Waals surface area contributed by atoms with E-state index in [0.717, 1.165) is 6.42 Å². The number of piperidine rings is 1. The first kappa shape index (κ1) is 22.7. The van der Waals surface area contributed by atoms with E-state index in [4.69, 9.17) is 21.1 Å². The van der Waals surface area contributed by atoms with Crippen LogP contribution in [0.3, 0.4) is 0 Å². The first-order chi connectivity index (χ1) is 15.9. The highest BCUT2D eigenvalue weighted by Gasteiger charge is 2.31. The van der Waals surface area contributed by atoms with Gasteiger partial charge in [-0.2, -0.15) is 0 Å². The largest absolute Gasteiger partial charge is 0.481 e. The Bertz CT molecular complexity index is 1280. The fourth-order valence-corrected chi connectivity index (χ4v) is 4.67. The van der Waals surface area contributed by atoms with Gasteiger partial charge >= 0.3 is 11.6 Å². The zero-order valence-electron chi connectivity index (χ0n) is 17.7. The van der Waals surface area contributed by atoms with Crippen molar-refractivity contribution in [1.82, 2.24) is 4.90 Å². The Labute approximate surface area is 194 Å². The van der Waals surface area contributed by atoms with Crippen molar-refractivity contribution < 1.29 is 23.9 Å². The molecule has 1 aliphatic rings. The number of amides is 1. The summed E-state index contributed by atoms with van der Waals surface area (Å²) in [6, 6.07) is 13.4. The number of likely N-dealkylation sites (tertiary alicyclic amines) is 1.